The van der Waals surface area contributed by atoms with Gasteiger partial charge in [-0.2, -0.15) is 13.2 Å². The average Bonchev–Trinajstić information content (AvgIpc) is 2.56. The Morgan fingerprint density at radius 2 is 1.54 bits per heavy atom. The largest absolute Gasteiger partial charge is 0.391 e. The average molecular weight is 348 g/mol. The van der Waals surface area contributed by atoms with Crippen LogP contribution in [0.3, 0.4) is 0 Å². The third kappa shape index (κ3) is 4.64. The van der Waals surface area contributed by atoms with Crippen molar-refractivity contribution in [2.45, 2.75) is 94.6 Å². The Morgan fingerprint density at radius 1 is 0.833 bits per heavy atom. The minimum Gasteiger partial charge on any atom is -0.391 e. The molecule has 6 heteroatoms. The van der Waals surface area contributed by atoms with Crippen LogP contribution < -0.4 is 5.32 Å². The summed E-state index contributed by atoms with van der Waals surface area (Å²) in [7, 11) is 0. The number of aliphatic hydroxyl groups is 1. The predicted molar refractivity (Wildman–Crippen MR) is 87.8 cm³/mol. The maximum atomic E-state index is 12.9. The lowest BCUT2D eigenvalue weighted by molar-refractivity contribution is -0.184. The molecule has 1 aliphatic heterocycles. The highest BCUT2D eigenvalue weighted by atomic mass is 19.4. The summed E-state index contributed by atoms with van der Waals surface area (Å²) in [5, 5.41) is 13.7. The first kappa shape index (κ1) is 18.5. The molecule has 140 valence electrons. The van der Waals surface area contributed by atoms with Crippen molar-refractivity contribution < 1.29 is 18.3 Å². The summed E-state index contributed by atoms with van der Waals surface area (Å²) in [4.78, 5) is 2.40. The lowest BCUT2D eigenvalue weighted by atomic mass is 9.84. The first-order chi connectivity index (χ1) is 11.4. The van der Waals surface area contributed by atoms with Gasteiger partial charge in [-0.3, -0.25) is 4.90 Å². The van der Waals surface area contributed by atoms with E-state index in [1.165, 1.54) is 6.42 Å². The Morgan fingerprint density at radius 3 is 2.21 bits per heavy atom. The smallest absolute Gasteiger partial charge is 0.391 e. The van der Waals surface area contributed by atoms with Gasteiger partial charge in [0.25, 0.3) is 0 Å². The Labute approximate surface area is 143 Å². The Hall–Kier alpha value is -0.330. The third-order valence-corrected chi connectivity index (χ3v) is 6.30. The Bertz CT molecular complexity index is 396. The van der Waals surface area contributed by atoms with Crippen LogP contribution in [0, 0.1) is 5.92 Å². The van der Waals surface area contributed by atoms with Crippen molar-refractivity contribution in [3.63, 3.8) is 0 Å². The van der Waals surface area contributed by atoms with E-state index in [1.807, 2.05) is 0 Å². The van der Waals surface area contributed by atoms with Crippen LogP contribution >= 0.6 is 0 Å². The topological polar surface area (TPSA) is 35.5 Å². The molecule has 4 atom stereocenters. The van der Waals surface area contributed by atoms with E-state index in [0.717, 1.165) is 51.6 Å². The van der Waals surface area contributed by atoms with E-state index in [-0.39, 0.29) is 18.6 Å². The molecule has 3 rings (SSSR count). The van der Waals surface area contributed by atoms with E-state index in [9.17, 15) is 18.3 Å². The van der Waals surface area contributed by atoms with E-state index >= 15 is 0 Å². The number of aliphatic hydroxyl groups excluding tert-OH is 1. The molecule has 0 bridgehead atoms. The molecule has 2 aliphatic carbocycles. The quantitative estimate of drug-likeness (QED) is 0.820. The molecule has 1 saturated heterocycles. The molecule has 0 aromatic carbocycles. The van der Waals surface area contributed by atoms with Crippen LogP contribution in [-0.4, -0.2) is 53.5 Å². The van der Waals surface area contributed by atoms with E-state index < -0.39 is 12.1 Å². The zero-order chi connectivity index (χ0) is 17.2. The van der Waals surface area contributed by atoms with Gasteiger partial charge >= 0.3 is 6.18 Å². The fourth-order valence-electron chi connectivity index (χ4n) is 4.89. The van der Waals surface area contributed by atoms with Gasteiger partial charge in [-0.05, 0) is 44.9 Å². The van der Waals surface area contributed by atoms with Gasteiger partial charge in [0.05, 0.1) is 12.0 Å². The van der Waals surface area contributed by atoms with Gasteiger partial charge in [0.2, 0.25) is 0 Å². The molecular weight excluding hydrogens is 317 g/mol. The van der Waals surface area contributed by atoms with Crippen molar-refractivity contribution in [2.75, 3.05) is 13.1 Å². The van der Waals surface area contributed by atoms with Crippen LogP contribution in [0.5, 0.6) is 0 Å². The molecule has 0 aromatic rings. The second kappa shape index (κ2) is 7.92. The second-order valence-electron chi connectivity index (χ2n) is 8.00. The summed E-state index contributed by atoms with van der Waals surface area (Å²) in [6, 6.07) is 0.644. The number of alkyl halides is 3. The molecular formula is C18H31F3N2O. The zero-order valence-corrected chi connectivity index (χ0v) is 14.4. The number of likely N-dealkylation sites (tertiary alicyclic amines) is 1. The number of piperidine rings is 1. The van der Waals surface area contributed by atoms with Gasteiger partial charge in [0.1, 0.15) is 0 Å². The minimum atomic E-state index is -4.04. The molecule has 0 amide bonds. The predicted octanol–water partition coefficient (Wildman–Crippen LogP) is 3.47. The molecule has 0 radical (unpaired) electrons. The SMILES string of the molecule is O[C@@H]1CCCC[C@@H]1N1CCC(N[C@H]2CCC[C@H](C(F)(F)F)C2)CC1. The van der Waals surface area contributed by atoms with Crippen LogP contribution in [0.25, 0.3) is 0 Å². The van der Waals surface area contributed by atoms with Gasteiger partial charge in [-0.1, -0.05) is 19.3 Å². The fourth-order valence-corrected chi connectivity index (χ4v) is 4.89. The van der Waals surface area contributed by atoms with Crippen LogP contribution in [0.1, 0.15) is 64.2 Å². The molecule has 2 N–H and O–H groups in total. The van der Waals surface area contributed by atoms with Gasteiger partial charge < -0.3 is 10.4 Å². The summed E-state index contributed by atoms with van der Waals surface area (Å²) in [6.07, 6.45) is 4.10. The van der Waals surface area contributed by atoms with Crippen molar-refractivity contribution in [1.29, 1.82) is 0 Å². The number of nitrogens with one attached hydrogen (secondary N) is 1. The van der Waals surface area contributed by atoms with E-state index in [2.05, 4.69) is 10.2 Å². The van der Waals surface area contributed by atoms with Crippen molar-refractivity contribution in [1.82, 2.24) is 10.2 Å². The first-order valence-corrected chi connectivity index (χ1v) is 9.68. The van der Waals surface area contributed by atoms with Gasteiger partial charge in [-0.15, -0.1) is 0 Å². The molecule has 24 heavy (non-hydrogen) atoms. The highest BCUT2D eigenvalue weighted by molar-refractivity contribution is 4.90. The van der Waals surface area contributed by atoms with Gasteiger partial charge in [-0.25, -0.2) is 0 Å². The Balaban J connectivity index is 1.43. The van der Waals surface area contributed by atoms with E-state index in [1.54, 1.807) is 0 Å². The van der Waals surface area contributed by atoms with Crippen molar-refractivity contribution in [3.8, 4) is 0 Å². The van der Waals surface area contributed by atoms with Gasteiger partial charge in [0, 0.05) is 31.2 Å². The summed E-state index contributed by atoms with van der Waals surface area (Å²) in [5.41, 5.74) is 0. The monoisotopic (exact) mass is 348 g/mol. The molecule has 2 saturated carbocycles. The number of rotatable bonds is 3. The molecule has 1 heterocycles. The van der Waals surface area contributed by atoms with Crippen LogP contribution in [-0.2, 0) is 0 Å². The highest BCUT2D eigenvalue weighted by Gasteiger charge is 2.42. The standard InChI is InChI=1S/C18H31F3N2O/c19-18(20,21)13-4-3-5-15(12-13)22-14-8-10-23(11-9-14)16-6-1-2-7-17(16)24/h13-17,22,24H,1-12H2/t13-,15-,16-,17+/m0/s1. The number of halogens is 3. The highest BCUT2D eigenvalue weighted by Crippen LogP contribution is 2.38. The molecule has 0 spiro atoms. The van der Waals surface area contributed by atoms with Crippen molar-refractivity contribution >= 4 is 0 Å². The van der Waals surface area contributed by atoms with Crippen molar-refractivity contribution in [2.24, 2.45) is 5.92 Å². The normalized spacial score (nSPS) is 37.5. The van der Waals surface area contributed by atoms with Crippen molar-refractivity contribution in [3.05, 3.63) is 0 Å². The summed E-state index contributed by atoms with van der Waals surface area (Å²) in [5.74, 6) is -1.12. The summed E-state index contributed by atoms with van der Waals surface area (Å²) in [6.45, 7) is 1.91. The molecule has 3 aliphatic rings. The van der Waals surface area contributed by atoms with Crippen LogP contribution in [0.15, 0.2) is 0 Å². The van der Waals surface area contributed by atoms with Crippen LogP contribution in [0.4, 0.5) is 13.2 Å². The summed E-state index contributed by atoms with van der Waals surface area (Å²) < 4.78 is 38.8. The maximum Gasteiger partial charge on any atom is 0.391 e. The van der Waals surface area contributed by atoms with Gasteiger partial charge in [0.15, 0.2) is 0 Å². The number of nitrogens with zero attached hydrogens (tertiary/aromatic N) is 1. The maximum absolute atomic E-state index is 12.9. The Kier molecular flexibility index (Phi) is 6.09. The van der Waals surface area contributed by atoms with E-state index in [0.29, 0.717) is 24.9 Å². The molecule has 0 unspecified atom stereocenters. The third-order valence-electron chi connectivity index (χ3n) is 6.30. The number of hydrogen-bond donors (Lipinski definition) is 2. The summed E-state index contributed by atoms with van der Waals surface area (Å²) >= 11 is 0. The lowest BCUT2D eigenvalue weighted by Gasteiger charge is -2.43. The first-order valence-electron chi connectivity index (χ1n) is 9.68. The molecule has 0 aromatic heterocycles. The minimum absolute atomic E-state index is 0.0159. The van der Waals surface area contributed by atoms with E-state index in [4.69, 9.17) is 0 Å². The number of hydrogen-bond acceptors (Lipinski definition) is 3. The fraction of sp³-hybridized carbons (Fsp3) is 1.00. The zero-order valence-electron chi connectivity index (χ0n) is 14.4. The van der Waals surface area contributed by atoms with Crippen LogP contribution in [0.2, 0.25) is 0 Å². The lowest BCUT2D eigenvalue weighted by Crippen LogP contribution is -2.53. The second-order valence-corrected chi connectivity index (χ2v) is 8.00. The molecule has 3 nitrogen and oxygen atoms in total. The molecule has 3 fully saturated rings.